The molecule has 0 spiro atoms. The third-order valence-electron chi connectivity index (χ3n) is 6.30. The summed E-state index contributed by atoms with van der Waals surface area (Å²) >= 11 is 0. The second-order valence-electron chi connectivity index (χ2n) is 8.10. The van der Waals surface area contributed by atoms with Crippen LogP contribution in [-0.2, 0) is 17.6 Å². The van der Waals surface area contributed by atoms with Gasteiger partial charge in [0.05, 0.1) is 12.0 Å². The van der Waals surface area contributed by atoms with E-state index < -0.39 is 0 Å². The number of nitrogens with two attached hydrogens (primary N) is 2. The molecule has 4 N–H and O–H groups in total. The molecular formula is C23H28N2O2. The molecule has 0 radical (unpaired) electrons. The Labute approximate surface area is 160 Å². The number of primary amides is 1. The summed E-state index contributed by atoms with van der Waals surface area (Å²) in [7, 11) is 0. The van der Waals surface area contributed by atoms with Crippen molar-refractivity contribution >= 4 is 5.91 Å². The Morgan fingerprint density at radius 3 is 2.63 bits per heavy atom. The van der Waals surface area contributed by atoms with Crippen molar-refractivity contribution in [3.8, 4) is 5.75 Å². The van der Waals surface area contributed by atoms with Gasteiger partial charge in [0.1, 0.15) is 5.75 Å². The smallest absolute Gasteiger partial charge is 0.223 e. The van der Waals surface area contributed by atoms with Crippen molar-refractivity contribution in [1.29, 1.82) is 0 Å². The minimum Gasteiger partial charge on any atom is -0.494 e. The number of rotatable bonds is 7. The molecule has 4 heteroatoms. The molecule has 0 saturated heterocycles. The van der Waals surface area contributed by atoms with Gasteiger partial charge in [-0.25, -0.2) is 0 Å². The largest absolute Gasteiger partial charge is 0.494 e. The van der Waals surface area contributed by atoms with Gasteiger partial charge < -0.3 is 16.2 Å². The Morgan fingerprint density at radius 2 is 1.93 bits per heavy atom. The molecule has 4 rings (SSSR count). The summed E-state index contributed by atoms with van der Waals surface area (Å²) in [6, 6.07) is 17.1. The highest BCUT2D eigenvalue weighted by Gasteiger charge is 2.48. The SMILES string of the molecule is NC(=O)C1(CCOc2ccc3c(c2)C(Cc2ccccc2)C(N)CC3)CC1. The van der Waals surface area contributed by atoms with Gasteiger partial charge in [-0.2, -0.15) is 0 Å². The molecule has 0 aliphatic heterocycles. The third kappa shape index (κ3) is 3.86. The molecule has 2 aromatic rings. The van der Waals surface area contributed by atoms with E-state index in [2.05, 4.69) is 36.4 Å². The Bertz CT molecular complexity index is 814. The molecule has 2 aliphatic rings. The van der Waals surface area contributed by atoms with E-state index in [1.807, 2.05) is 12.1 Å². The Morgan fingerprint density at radius 1 is 1.15 bits per heavy atom. The lowest BCUT2D eigenvalue weighted by molar-refractivity contribution is -0.123. The molecule has 1 amide bonds. The normalized spacial score (nSPS) is 22.7. The number of benzene rings is 2. The fourth-order valence-electron chi connectivity index (χ4n) is 4.25. The van der Waals surface area contributed by atoms with Gasteiger partial charge in [0.15, 0.2) is 0 Å². The molecule has 2 unspecified atom stereocenters. The number of carbonyl (C=O) groups excluding carboxylic acids is 1. The van der Waals surface area contributed by atoms with Crippen LogP contribution in [0.4, 0.5) is 0 Å². The first-order valence-electron chi connectivity index (χ1n) is 9.92. The first-order valence-corrected chi connectivity index (χ1v) is 9.92. The van der Waals surface area contributed by atoms with Crippen LogP contribution in [0.2, 0.25) is 0 Å². The summed E-state index contributed by atoms with van der Waals surface area (Å²) in [5.74, 6) is 0.978. The average Bonchev–Trinajstić information content (AvgIpc) is 3.46. The number of carbonyl (C=O) groups is 1. The van der Waals surface area contributed by atoms with E-state index >= 15 is 0 Å². The Kier molecular flexibility index (Phi) is 4.92. The molecule has 2 aromatic carbocycles. The zero-order valence-corrected chi connectivity index (χ0v) is 15.7. The van der Waals surface area contributed by atoms with Crippen LogP contribution < -0.4 is 16.2 Å². The van der Waals surface area contributed by atoms with E-state index in [9.17, 15) is 4.79 Å². The van der Waals surface area contributed by atoms with Crippen LogP contribution in [0.3, 0.4) is 0 Å². The number of hydrogen-bond donors (Lipinski definition) is 2. The van der Waals surface area contributed by atoms with Gasteiger partial charge in [-0.15, -0.1) is 0 Å². The van der Waals surface area contributed by atoms with E-state index in [0.717, 1.165) is 37.9 Å². The first-order chi connectivity index (χ1) is 13.1. The van der Waals surface area contributed by atoms with Gasteiger partial charge in [0, 0.05) is 12.0 Å². The summed E-state index contributed by atoms with van der Waals surface area (Å²) in [6.45, 7) is 0.525. The summed E-state index contributed by atoms with van der Waals surface area (Å²) in [6.07, 6.45) is 5.47. The van der Waals surface area contributed by atoms with E-state index in [0.29, 0.717) is 18.9 Å². The van der Waals surface area contributed by atoms with E-state index in [1.165, 1.54) is 16.7 Å². The molecule has 4 nitrogen and oxygen atoms in total. The molecule has 0 aromatic heterocycles. The number of aryl methyl sites for hydroxylation is 1. The maximum atomic E-state index is 11.5. The van der Waals surface area contributed by atoms with E-state index in [-0.39, 0.29) is 17.4 Å². The maximum absolute atomic E-state index is 11.5. The number of fused-ring (bicyclic) bond motifs is 1. The topological polar surface area (TPSA) is 78.3 Å². The molecule has 0 heterocycles. The highest BCUT2D eigenvalue weighted by atomic mass is 16.5. The number of amides is 1. The maximum Gasteiger partial charge on any atom is 0.223 e. The van der Waals surface area contributed by atoms with Crippen molar-refractivity contribution in [2.45, 2.75) is 50.5 Å². The Balaban J connectivity index is 1.48. The third-order valence-corrected chi connectivity index (χ3v) is 6.30. The van der Waals surface area contributed by atoms with Crippen LogP contribution in [-0.4, -0.2) is 18.6 Å². The quantitative estimate of drug-likeness (QED) is 0.791. The molecule has 2 atom stereocenters. The van der Waals surface area contributed by atoms with Crippen molar-refractivity contribution in [2.75, 3.05) is 6.61 Å². The zero-order valence-electron chi connectivity index (χ0n) is 15.7. The van der Waals surface area contributed by atoms with Crippen molar-refractivity contribution in [2.24, 2.45) is 16.9 Å². The van der Waals surface area contributed by atoms with Crippen LogP contribution in [0.5, 0.6) is 5.75 Å². The minimum atomic E-state index is -0.313. The monoisotopic (exact) mass is 364 g/mol. The minimum absolute atomic E-state index is 0.164. The summed E-state index contributed by atoms with van der Waals surface area (Å²) in [4.78, 5) is 11.5. The fourth-order valence-corrected chi connectivity index (χ4v) is 4.25. The molecule has 1 fully saturated rings. The number of hydrogen-bond acceptors (Lipinski definition) is 3. The molecule has 142 valence electrons. The van der Waals surface area contributed by atoms with Crippen LogP contribution in [0.15, 0.2) is 48.5 Å². The van der Waals surface area contributed by atoms with Gasteiger partial charge in [-0.1, -0.05) is 36.4 Å². The molecular weight excluding hydrogens is 336 g/mol. The van der Waals surface area contributed by atoms with Gasteiger partial charge >= 0.3 is 0 Å². The lowest BCUT2D eigenvalue weighted by atomic mass is 9.76. The second-order valence-corrected chi connectivity index (χ2v) is 8.10. The van der Waals surface area contributed by atoms with Crippen LogP contribution >= 0.6 is 0 Å². The second kappa shape index (κ2) is 7.35. The molecule has 0 bridgehead atoms. The van der Waals surface area contributed by atoms with Crippen molar-refractivity contribution in [3.63, 3.8) is 0 Å². The standard InChI is InChI=1S/C23H28N2O2/c24-21-9-7-17-6-8-18(27-13-12-23(10-11-23)22(25)26)15-19(17)20(21)14-16-4-2-1-3-5-16/h1-6,8,15,20-21H,7,9-14,24H2,(H2,25,26). The van der Waals surface area contributed by atoms with Crippen LogP contribution in [0.25, 0.3) is 0 Å². The zero-order chi connectivity index (χ0) is 18.9. The Hall–Kier alpha value is -2.33. The van der Waals surface area contributed by atoms with Crippen LogP contribution in [0.1, 0.15) is 48.3 Å². The van der Waals surface area contributed by atoms with Crippen molar-refractivity contribution < 1.29 is 9.53 Å². The summed E-state index contributed by atoms with van der Waals surface area (Å²) < 4.78 is 5.98. The summed E-state index contributed by atoms with van der Waals surface area (Å²) in [5.41, 5.74) is 15.7. The van der Waals surface area contributed by atoms with Crippen molar-refractivity contribution in [1.82, 2.24) is 0 Å². The predicted octanol–water partition coefficient (Wildman–Crippen LogP) is 3.32. The summed E-state index contributed by atoms with van der Waals surface area (Å²) in [5, 5.41) is 0. The average molecular weight is 364 g/mol. The van der Waals surface area contributed by atoms with Gasteiger partial charge in [0.2, 0.25) is 5.91 Å². The van der Waals surface area contributed by atoms with Gasteiger partial charge in [-0.05, 0) is 67.3 Å². The van der Waals surface area contributed by atoms with Crippen molar-refractivity contribution in [3.05, 3.63) is 65.2 Å². The van der Waals surface area contributed by atoms with E-state index in [4.69, 9.17) is 16.2 Å². The van der Waals surface area contributed by atoms with Crippen LogP contribution in [0, 0.1) is 5.41 Å². The molecule has 2 aliphatic carbocycles. The lowest BCUT2D eigenvalue weighted by Gasteiger charge is -2.32. The fraction of sp³-hybridized carbons (Fsp3) is 0.435. The number of ether oxygens (including phenoxy) is 1. The van der Waals surface area contributed by atoms with E-state index in [1.54, 1.807) is 0 Å². The van der Waals surface area contributed by atoms with Gasteiger partial charge in [0.25, 0.3) is 0 Å². The first kappa shape index (κ1) is 18.1. The molecule has 27 heavy (non-hydrogen) atoms. The highest BCUT2D eigenvalue weighted by molar-refractivity contribution is 5.83. The lowest BCUT2D eigenvalue weighted by Crippen LogP contribution is -2.34. The van der Waals surface area contributed by atoms with Gasteiger partial charge in [-0.3, -0.25) is 4.79 Å². The predicted molar refractivity (Wildman–Crippen MR) is 107 cm³/mol. The molecule has 1 saturated carbocycles. The highest BCUT2D eigenvalue weighted by Crippen LogP contribution is 2.48.